The predicted octanol–water partition coefficient (Wildman–Crippen LogP) is 5.82. The third-order valence-corrected chi connectivity index (χ3v) is 6.82. The predicted molar refractivity (Wildman–Crippen MR) is 99.4 cm³/mol. The molecule has 8 heteroatoms. The highest BCUT2D eigenvalue weighted by atomic mass is 31.2. The summed E-state index contributed by atoms with van der Waals surface area (Å²) in [6, 6.07) is 16.2. The lowest BCUT2D eigenvalue weighted by Gasteiger charge is -2.39. The Morgan fingerprint density at radius 1 is 0.655 bits per heavy atom. The molecule has 0 amide bonds. The topological polar surface area (TPSA) is 55.8 Å². The lowest BCUT2D eigenvalue weighted by atomic mass is 10.2. The maximum atomic E-state index is 14.4. The van der Waals surface area contributed by atoms with Gasteiger partial charge in [-0.3, -0.25) is 4.57 Å². The van der Waals surface area contributed by atoms with E-state index in [-0.39, 0.29) is 16.7 Å². The first-order valence-corrected chi connectivity index (χ1v) is 10.6. The molecule has 4 nitrogen and oxygen atoms in total. The van der Waals surface area contributed by atoms with E-state index in [0.717, 1.165) is 12.1 Å². The summed E-state index contributed by atoms with van der Waals surface area (Å²) in [5.74, 6) is -5.56. The number of benzene rings is 3. The maximum Gasteiger partial charge on any atom is 0.265 e. The molecule has 1 N–H and O–H groups in total. The van der Waals surface area contributed by atoms with Crippen molar-refractivity contribution < 1.29 is 32.1 Å². The van der Waals surface area contributed by atoms with Crippen LogP contribution in [0, 0.1) is 17.5 Å². The number of halogens is 3. The van der Waals surface area contributed by atoms with Crippen molar-refractivity contribution in [1.29, 1.82) is 0 Å². The molecule has 1 aliphatic heterocycles. The van der Waals surface area contributed by atoms with Gasteiger partial charge >= 0.3 is 0 Å². The Morgan fingerprint density at radius 2 is 1.00 bits per heavy atom. The van der Waals surface area contributed by atoms with Crippen molar-refractivity contribution in [2.75, 3.05) is 0 Å². The van der Waals surface area contributed by atoms with Crippen molar-refractivity contribution in [2.45, 2.75) is 18.0 Å². The van der Waals surface area contributed by atoms with E-state index in [1.807, 2.05) is 0 Å². The van der Waals surface area contributed by atoms with E-state index in [1.54, 1.807) is 0 Å². The van der Waals surface area contributed by atoms with Crippen molar-refractivity contribution in [1.82, 2.24) is 0 Å². The van der Waals surface area contributed by atoms with E-state index in [9.17, 15) is 22.6 Å². The Morgan fingerprint density at radius 3 is 1.38 bits per heavy atom. The molecule has 1 saturated heterocycles. The summed E-state index contributed by atoms with van der Waals surface area (Å²) in [6.07, 6.45) is -1.44. The van der Waals surface area contributed by atoms with E-state index >= 15 is 0 Å². The van der Waals surface area contributed by atoms with Crippen molar-refractivity contribution in [3.05, 3.63) is 107 Å². The summed E-state index contributed by atoms with van der Waals surface area (Å²) in [7, 11) is -4.52. The Labute approximate surface area is 165 Å². The Kier molecular flexibility index (Phi) is 5.32. The van der Waals surface area contributed by atoms with Gasteiger partial charge in [0.25, 0.3) is 7.37 Å². The van der Waals surface area contributed by atoms with Crippen molar-refractivity contribution >= 4 is 7.37 Å². The molecule has 2 unspecified atom stereocenters. The quantitative estimate of drug-likeness (QED) is 0.543. The molecular formula is C21H16F3O4P. The van der Waals surface area contributed by atoms with Gasteiger partial charge in [-0.25, -0.2) is 13.2 Å². The summed E-state index contributed by atoms with van der Waals surface area (Å²) in [4.78, 5) is 10.9. The van der Waals surface area contributed by atoms with Crippen LogP contribution in [-0.2, 0) is 14.0 Å². The standard InChI is InChI=1S/C21H16F3O4P/c22-16-10-4-1-7-13(16)19-27-20(14-8-2-5-11-17(14)23)29(25,26)21(28-19)15-9-3-6-12-18(15)24/h1-12,19-21H,(H,25,26)/t19?,20-,21+. The summed E-state index contributed by atoms with van der Waals surface area (Å²) in [5, 5.41) is 0. The molecule has 150 valence electrons. The van der Waals surface area contributed by atoms with Crippen LogP contribution in [0.3, 0.4) is 0 Å². The number of hydrogen-bond donors (Lipinski definition) is 1. The fourth-order valence-corrected chi connectivity index (χ4v) is 5.30. The first-order valence-electron chi connectivity index (χ1n) is 8.76. The van der Waals surface area contributed by atoms with Gasteiger partial charge in [0, 0.05) is 16.7 Å². The van der Waals surface area contributed by atoms with Gasteiger partial charge in [0.05, 0.1) is 0 Å². The zero-order valence-corrected chi connectivity index (χ0v) is 15.8. The van der Waals surface area contributed by atoms with Gasteiger partial charge in [0.2, 0.25) is 0 Å². The smallest absolute Gasteiger partial charge is 0.265 e. The molecule has 1 fully saturated rings. The van der Waals surface area contributed by atoms with Gasteiger partial charge in [-0.2, -0.15) is 0 Å². The summed E-state index contributed by atoms with van der Waals surface area (Å²) in [6.45, 7) is 0. The van der Waals surface area contributed by atoms with E-state index in [0.29, 0.717) is 0 Å². The van der Waals surface area contributed by atoms with Gasteiger partial charge in [0.1, 0.15) is 17.5 Å². The summed E-state index contributed by atoms with van der Waals surface area (Å²) in [5.41, 5.74) is -0.427. The van der Waals surface area contributed by atoms with E-state index < -0.39 is 42.8 Å². The van der Waals surface area contributed by atoms with Crippen molar-refractivity contribution in [3.63, 3.8) is 0 Å². The zero-order valence-electron chi connectivity index (χ0n) is 14.9. The third-order valence-electron chi connectivity index (χ3n) is 4.68. The normalized spacial score (nSPS) is 27.0. The van der Waals surface area contributed by atoms with Gasteiger partial charge in [0.15, 0.2) is 18.0 Å². The number of hydrogen-bond acceptors (Lipinski definition) is 3. The molecule has 0 aliphatic carbocycles. The van der Waals surface area contributed by atoms with E-state index in [4.69, 9.17) is 9.47 Å². The lowest BCUT2D eigenvalue weighted by molar-refractivity contribution is -0.197. The average Bonchev–Trinajstić information content (AvgIpc) is 2.70. The van der Waals surface area contributed by atoms with Crippen LogP contribution in [0.25, 0.3) is 0 Å². The highest BCUT2D eigenvalue weighted by molar-refractivity contribution is 7.58. The van der Waals surface area contributed by atoms with Crippen molar-refractivity contribution in [2.24, 2.45) is 0 Å². The van der Waals surface area contributed by atoms with Crippen LogP contribution < -0.4 is 0 Å². The summed E-state index contributed by atoms with van der Waals surface area (Å²) >= 11 is 0. The molecule has 0 radical (unpaired) electrons. The van der Waals surface area contributed by atoms with Gasteiger partial charge in [-0.15, -0.1) is 0 Å². The highest BCUT2D eigenvalue weighted by Crippen LogP contribution is 2.71. The summed E-state index contributed by atoms with van der Waals surface area (Å²) < 4.78 is 67.7. The zero-order chi connectivity index (χ0) is 20.6. The minimum atomic E-state index is -4.52. The van der Waals surface area contributed by atoms with Crippen LogP contribution in [0.5, 0.6) is 0 Å². The molecular weight excluding hydrogens is 404 g/mol. The molecule has 0 aromatic heterocycles. The van der Waals surface area contributed by atoms with E-state index in [1.165, 1.54) is 60.7 Å². The van der Waals surface area contributed by atoms with Crippen molar-refractivity contribution in [3.8, 4) is 0 Å². The second-order valence-corrected chi connectivity index (χ2v) is 8.83. The monoisotopic (exact) mass is 420 g/mol. The maximum absolute atomic E-state index is 14.4. The fourth-order valence-electron chi connectivity index (χ4n) is 3.27. The number of ether oxygens (including phenoxy) is 2. The minimum Gasteiger partial charge on any atom is -0.340 e. The Hall–Kier alpha value is -2.44. The van der Waals surface area contributed by atoms with Crippen LogP contribution in [0.2, 0.25) is 0 Å². The molecule has 1 heterocycles. The Bertz CT molecular complexity index is 1030. The second kappa shape index (κ2) is 7.76. The third kappa shape index (κ3) is 3.63. The minimum absolute atomic E-state index is 0.0464. The van der Waals surface area contributed by atoms with Gasteiger partial charge in [-0.05, 0) is 18.2 Å². The fraction of sp³-hybridized carbons (Fsp3) is 0.143. The van der Waals surface area contributed by atoms with Crippen LogP contribution in [0.1, 0.15) is 34.7 Å². The van der Waals surface area contributed by atoms with Crippen LogP contribution in [0.15, 0.2) is 72.8 Å². The molecule has 1 aliphatic rings. The average molecular weight is 420 g/mol. The first kappa shape index (κ1) is 19.9. The molecule has 0 bridgehead atoms. The molecule has 3 aromatic carbocycles. The molecule has 0 spiro atoms. The molecule has 29 heavy (non-hydrogen) atoms. The van der Waals surface area contributed by atoms with Gasteiger partial charge < -0.3 is 14.4 Å². The van der Waals surface area contributed by atoms with Crippen LogP contribution >= 0.6 is 7.37 Å². The SMILES string of the molecule is O=P1(O)[C@@H](c2ccccc2F)OC(c2ccccc2F)O[C@H]1c1ccccc1F. The highest BCUT2D eigenvalue weighted by Gasteiger charge is 2.51. The van der Waals surface area contributed by atoms with E-state index in [2.05, 4.69) is 0 Å². The first-order chi connectivity index (χ1) is 13.9. The molecule has 4 atom stereocenters. The van der Waals surface area contributed by atoms with Crippen LogP contribution in [0.4, 0.5) is 13.2 Å². The van der Waals surface area contributed by atoms with Crippen LogP contribution in [-0.4, -0.2) is 4.89 Å². The lowest BCUT2D eigenvalue weighted by Crippen LogP contribution is -2.26. The van der Waals surface area contributed by atoms with Gasteiger partial charge in [-0.1, -0.05) is 54.6 Å². The molecule has 0 saturated carbocycles. The second-order valence-electron chi connectivity index (χ2n) is 6.55. The largest absolute Gasteiger partial charge is 0.340 e. The molecule has 3 aromatic rings. The number of rotatable bonds is 3. The Balaban J connectivity index is 1.86. The molecule has 4 rings (SSSR count).